The number of rotatable bonds is 16. The fourth-order valence-corrected chi connectivity index (χ4v) is 4.06. The molecular formula is C22H36I2O2. The molecule has 0 spiro atoms. The molecule has 0 atom stereocenters. The summed E-state index contributed by atoms with van der Waals surface area (Å²) < 4.78 is 14.5. The second kappa shape index (κ2) is 16.3. The van der Waals surface area contributed by atoms with Gasteiger partial charge >= 0.3 is 0 Å². The van der Waals surface area contributed by atoms with Gasteiger partial charge in [0.15, 0.2) is 11.5 Å². The minimum absolute atomic E-state index is 0.787. The van der Waals surface area contributed by atoms with E-state index in [1.54, 1.807) is 0 Å². The van der Waals surface area contributed by atoms with Gasteiger partial charge in [-0.15, -0.1) is 0 Å². The number of halogens is 2. The van der Waals surface area contributed by atoms with E-state index in [1.165, 1.54) is 64.2 Å². The molecule has 4 heteroatoms. The van der Waals surface area contributed by atoms with Gasteiger partial charge in [-0.3, -0.25) is 0 Å². The van der Waals surface area contributed by atoms with Crippen molar-refractivity contribution >= 4 is 45.2 Å². The van der Waals surface area contributed by atoms with E-state index in [4.69, 9.17) is 9.47 Å². The number of unbranched alkanes of at least 4 members (excludes halogenated alkanes) is 10. The third kappa shape index (κ3) is 10.6. The maximum absolute atomic E-state index is 6.13. The summed E-state index contributed by atoms with van der Waals surface area (Å²) in [7, 11) is 0. The predicted octanol–water partition coefficient (Wildman–Crippen LogP) is 8.37. The second-order valence-electron chi connectivity index (χ2n) is 6.92. The summed E-state index contributed by atoms with van der Waals surface area (Å²) in [5.74, 6) is 1.88. The Balaban J connectivity index is 2.38. The van der Waals surface area contributed by atoms with Crippen LogP contribution in [0.2, 0.25) is 0 Å². The van der Waals surface area contributed by atoms with Gasteiger partial charge in [-0.25, -0.2) is 0 Å². The smallest absolute Gasteiger partial charge is 0.175 e. The normalized spacial score (nSPS) is 10.9. The zero-order valence-electron chi connectivity index (χ0n) is 16.6. The lowest BCUT2D eigenvalue weighted by molar-refractivity contribution is 0.255. The Kier molecular flexibility index (Phi) is 15.2. The summed E-state index contributed by atoms with van der Waals surface area (Å²) in [5.41, 5.74) is 0. The van der Waals surface area contributed by atoms with Crippen molar-refractivity contribution in [3.05, 3.63) is 19.3 Å². The molecule has 0 saturated heterocycles. The molecule has 1 rings (SSSR count). The van der Waals surface area contributed by atoms with Crippen molar-refractivity contribution in [2.24, 2.45) is 0 Å². The van der Waals surface area contributed by atoms with E-state index >= 15 is 0 Å². The lowest BCUT2D eigenvalue weighted by Gasteiger charge is -2.16. The van der Waals surface area contributed by atoms with Gasteiger partial charge in [0.2, 0.25) is 0 Å². The first kappa shape index (κ1) is 24.3. The van der Waals surface area contributed by atoms with Crippen LogP contribution in [0.4, 0.5) is 0 Å². The molecule has 26 heavy (non-hydrogen) atoms. The van der Waals surface area contributed by atoms with Crippen LogP contribution < -0.4 is 9.47 Å². The number of hydrogen-bond donors (Lipinski definition) is 0. The van der Waals surface area contributed by atoms with Gasteiger partial charge in [0.1, 0.15) is 0 Å². The van der Waals surface area contributed by atoms with Crippen LogP contribution in [0, 0.1) is 7.14 Å². The molecule has 0 bridgehead atoms. The molecule has 0 N–H and O–H groups in total. The minimum atomic E-state index is 0.787. The third-order valence-corrected chi connectivity index (χ3v) is 6.20. The molecule has 0 saturated carbocycles. The minimum Gasteiger partial charge on any atom is -0.489 e. The van der Waals surface area contributed by atoms with Gasteiger partial charge in [-0.2, -0.15) is 0 Å². The van der Waals surface area contributed by atoms with Crippen LogP contribution in [-0.4, -0.2) is 13.2 Å². The Bertz CT molecular complexity index is 434. The van der Waals surface area contributed by atoms with Crippen molar-refractivity contribution in [2.75, 3.05) is 13.2 Å². The highest BCUT2D eigenvalue weighted by molar-refractivity contribution is 14.1. The summed E-state index contributed by atoms with van der Waals surface area (Å²) in [6.07, 6.45) is 15.4. The molecular weight excluding hydrogens is 550 g/mol. The molecule has 0 aromatic heterocycles. The average molecular weight is 586 g/mol. The topological polar surface area (TPSA) is 18.5 Å². The van der Waals surface area contributed by atoms with Crippen LogP contribution in [0.25, 0.3) is 0 Å². The molecule has 0 fully saturated rings. The van der Waals surface area contributed by atoms with Crippen molar-refractivity contribution < 1.29 is 9.47 Å². The van der Waals surface area contributed by atoms with E-state index in [0.717, 1.165) is 44.7 Å². The zero-order valence-corrected chi connectivity index (χ0v) is 20.9. The van der Waals surface area contributed by atoms with Crippen molar-refractivity contribution in [3.8, 4) is 11.5 Å². The van der Waals surface area contributed by atoms with Crippen molar-refractivity contribution in [1.29, 1.82) is 0 Å². The number of hydrogen-bond acceptors (Lipinski definition) is 2. The summed E-state index contributed by atoms with van der Waals surface area (Å²) in [5, 5.41) is 0. The van der Waals surface area contributed by atoms with Gasteiger partial charge in [0.05, 0.1) is 20.4 Å². The van der Waals surface area contributed by atoms with Crippen molar-refractivity contribution in [2.45, 2.75) is 90.9 Å². The van der Waals surface area contributed by atoms with Crippen molar-refractivity contribution in [1.82, 2.24) is 0 Å². The Labute approximate surface area is 188 Å². The van der Waals surface area contributed by atoms with E-state index in [0.29, 0.717) is 0 Å². The summed E-state index contributed by atoms with van der Waals surface area (Å²) >= 11 is 4.71. The van der Waals surface area contributed by atoms with E-state index in [1.807, 2.05) is 0 Å². The molecule has 0 amide bonds. The molecule has 0 radical (unpaired) electrons. The highest BCUT2D eigenvalue weighted by Crippen LogP contribution is 2.37. The fraction of sp³-hybridized carbons (Fsp3) is 0.727. The Morgan fingerprint density at radius 1 is 0.577 bits per heavy atom. The van der Waals surface area contributed by atoms with Gasteiger partial charge in [-0.05, 0) is 70.2 Å². The summed E-state index contributed by atoms with van der Waals surface area (Å²) in [6, 6.07) is 4.24. The Morgan fingerprint density at radius 2 is 0.923 bits per heavy atom. The van der Waals surface area contributed by atoms with Gasteiger partial charge in [-0.1, -0.05) is 78.1 Å². The molecule has 0 unspecified atom stereocenters. The van der Waals surface area contributed by atoms with Crippen LogP contribution in [0.5, 0.6) is 11.5 Å². The molecule has 150 valence electrons. The molecule has 1 aromatic rings. The lowest BCUT2D eigenvalue weighted by atomic mass is 10.1. The van der Waals surface area contributed by atoms with Gasteiger partial charge in [0, 0.05) is 0 Å². The first-order chi connectivity index (χ1) is 12.7. The van der Waals surface area contributed by atoms with E-state index < -0.39 is 0 Å². The largest absolute Gasteiger partial charge is 0.489 e. The predicted molar refractivity (Wildman–Crippen MR) is 130 cm³/mol. The SMILES string of the molecule is CCCCCCCCOc1c(I)ccc(I)c1OCCCCCCCC. The lowest BCUT2D eigenvalue weighted by Crippen LogP contribution is -2.05. The number of ether oxygens (including phenoxy) is 2. The van der Waals surface area contributed by atoms with Gasteiger partial charge in [0.25, 0.3) is 0 Å². The molecule has 0 aliphatic carbocycles. The second-order valence-corrected chi connectivity index (χ2v) is 9.24. The van der Waals surface area contributed by atoms with E-state index in [2.05, 4.69) is 71.2 Å². The van der Waals surface area contributed by atoms with Crippen LogP contribution in [-0.2, 0) is 0 Å². The van der Waals surface area contributed by atoms with Crippen LogP contribution in [0.3, 0.4) is 0 Å². The first-order valence-corrected chi connectivity index (χ1v) is 12.6. The molecule has 2 nitrogen and oxygen atoms in total. The molecule has 0 aliphatic heterocycles. The molecule has 0 aliphatic rings. The quantitative estimate of drug-likeness (QED) is 0.143. The van der Waals surface area contributed by atoms with E-state index in [-0.39, 0.29) is 0 Å². The Morgan fingerprint density at radius 3 is 1.31 bits per heavy atom. The highest BCUT2D eigenvalue weighted by Gasteiger charge is 2.14. The maximum Gasteiger partial charge on any atom is 0.175 e. The first-order valence-electron chi connectivity index (χ1n) is 10.4. The number of benzene rings is 1. The highest BCUT2D eigenvalue weighted by atomic mass is 127. The standard InChI is InChI=1S/C22H36I2O2/c1-3-5-7-9-11-13-17-25-21-19(23)15-16-20(24)22(21)26-18-14-12-10-8-6-4-2/h15-16H,3-14,17-18H2,1-2H3. The maximum atomic E-state index is 6.13. The third-order valence-electron chi connectivity index (χ3n) is 4.50. The fourth-order valence-electron chi connectivity index (χ4n) is 2.90. The molecule has 1 aromatic carbocycles. The summed E-state index contributed by atoms with van der Waals surface area (Å²) in [4.78, 5) is 0. The molecule has 0 heterocycles. The van der Waals surface area contributed by atoms with Crippen LogP contribution >= 0.6 is 45.2 Å². The monoisotopic (exact) mass is 586 g/mol. The zero-order chi connectivity index (χ0) is 19.0. The van der Waals surface area contributed by atoms with Crippen LogP contribution in [0.15, 0.2) is 12.1 Å². The van der Waals surface area contributed by atoms with E-state index in [9.17, 15) is 0 Å². The van der Waals surface area contributed by atoms with Crippen molar-refractivity contribution in [3.63, 3.8) is 0 Å². The average Bonchev–Trinajstić information content (AvgIpc) is 2.64. The summed E-state index contributed by atoms with van der Waals surface area (Å²) in [6.45, 7) is 6.09. The Hall–Kier alpha value is 0.280. The van der Waals surface area contributed by atoms with Gasteiger partial charge < -0.3 is 9.47 Å². The van der Waals surface area contributed by atoms with Crippen LogP contribution in [0.1, 0.15) is 90.9 Å².